The van der Waals surface area contributed by atoms with Crippen LogP contribution in [0.3, 0.4) is 0 Å². The van der Waals surface area contributed by atoms with Crippen molar-refractivity contribution in [1.29, 1.82) is 0 Å². The van der Waals surface area contributed by atoms with Crippen molar-refractivity contribution in [2.75, 3.05) is 18.2 Å². The number of fused-ring (bicyclic) bond motifs is 1. The van der Waals surface area contributed by atoms with E-state index < -0.39 is 20.4 Å². The zero-order valence-corrected chi connectivity index (χ0v) is 12.7. The van der Waals surface area contributed by atoms with Gasteiger partial charge in [-0.05, 0) is 37.6 Å². The molecule has 6 heteroatoms. The van der Waals surface area contributed by atoms with Gasteiger partial charge in [-0.15, -0.1) is 0 Å². The minimum atomic E-state index is -3.51. The number of nitrogens with zero attached hydrogens (tertiary/aromatic N) is 1. The van der Waals surface area contributed by atoms with Crippen LogP contribution < -0.4 is 4.90 Å². The Labute approximate surface area is 118 Å². The molecule has 2 rings (SSSR count). The van der Waals surface area contributed by atoms with E-state index in [1.807, 2.05) is 0 Å². The molecule has 0 unspecified atom stereocenters. The quantitative estimate of drug-likeness (QED) is 0.786. The van der Waals surface area contributed by atoms with Gasteiger partial charge in [0.25, 0.3) is 0 Å². The normalized spacial score (nSPS) is 15.4. The van der Waals surface area contributed by atoms with Gasteiger partial charge in [0, 0.05) is 24.6 Å². The third kappa shape index (κ3) is 2.14. The van der Waals surface area contributed by atoms with Gasteiger partial charge in [0.2, 0.25) is 5.91 Å². The van der Waals surface area contributed by atoms with Crippen LogP contribution in [-0.2, 0) is 21.1 Å². The highest BCUT2D eigenvalue weighted by atomic mass is 32.2. The molecule has 0 bridgehead atoms. The summed E-state index contributed by atoms with van der Waals surface area (Å²) < 4.78 is 22.0. The van der Waals surface area contributed by atoms with Gasteiger partial charge in [-0.1, -0.05) is 0 Å². The number of hydrogen-bond acceptors (Lipinski definition) is 4. The highest BCUT2D eigenvalue weighted by Crippen LogP contribution is 2.30. The molecule has 0 radical (unpaired) electrons. The fourth-order valence-electron chi connectivity index (χ4n) is 2.13. The average Bonchev–Trinajstić information content (AvgIpc) is 2.62. The SMILES string of the molecule is CN1C(=O)Cc2cc(C(=O)C(C)(C)S(C)(=O)=O)ccc21. The van der Waals surface area contributed by atoms with Crippen molar-refractivity contribution >= 4 is 27.2 Å². The Morgan fingerprint density at radius 1 is 1.30 bits per heavy atom. The summed E-state index contributed by atoms with van der Waals surface area (Å²) in [7, 11) is -1.84. The van der Waals surface area contributed by atoms with E-state index in [4.69, 9.17) is 0 Å². The number of hydrogen-bond donors (Lipinski definition) is 0. The van der Waals surface area contributed by atoms with E-state index in [2.05, 4.69) is 0 Å². The van der Waals surface area contributed by atoms with E-state index in [0.29, 0.717) is 5.56 Å². The van der Waals surface area contributed by atoms with Crippen molar-refractivity contribution in [3.8, 4) is 0 Å². The van der Waals surface area contributed by atoms with Crippen molar-refractivity contribution in [3.05, 3.63) is 29.3 Å². The maximum absolute atomic E-state index is 12.4. The van der Waals surface area contributed by atoms with Crippen LogP contribution in [0.2, 0.25) is 0 Å². The van der Waals surface area contributed by atoms with E-state index in [1.165, 1.54) is 18.7 Å². The molecule has 1 heterocycles. The average molecular weight is 295 g/mol. The zero-order chi connectivity index (χ0) is 15.3. The first-order chi connectivity index (χ1) is 9.05. The fourth-order valence-corrected chi connectivity index (χ4v) is 2.58. The number of sulfone groups is 1. The fraction of sp³-hybridized carbons (Fsp3) is 0.429. The van der Waals surface area contributed by atoms with Crippen LogP contribution in [-0.4, -0.2) is 38.2 Å². The molecule has 0 aliphatic carbocycles. The van der Waals surface area contributed by atoms with E-state index in [-0.39, 0.29) is 12.3 Å². The second-order valence-corrected chi connectivity index (χ2v) is 8.15. The van der Waals surface area contributed by atoms with Crippen molar-refractivity contribution < 1.29 is 18.0 Å². The number of Topliss-reactive ketones (excluding diaryl/α,β-unsaturated/α-hetero) is 1. The molecule has 108 valence electrons. The number of likely N-dealkylation sites (N-methyl/N-ethyl adjacent to an activating group) is 1. The molecule has 1 aliphatic heterocycles. The summed E-state index contributed by atoms with van der Waals surface area (Å²) in [6.45, 7) is 2.80. The molecule has 0 saturated heterocycles. The Bertz CT molecular complexity index is 704. The Hall–Kier alpha value is -1.69. The highest BCUT2D eigenvalue weighted by Gasteiger charge is 2.39. The van der Waals surface area contributed by atoms with Gasteiger partial charge in [-0.3, -0.25) is 9.59 Å². The predicted molar refractivity (Wildman–Crippen MR) is 76.8 cm³/mol. The molecule has 1 aromatic rings. The summed E-state index contributed by atoms with van der Waals surface area (Å²) in [6.07, 6.45) is 1.29. The highest BCUT2D eigenvalue weighted by molar-refractivity contribution is 7.92. The summed E-state index contributed by atoms with van der Waals surface area (Å²) in [5, 5.41) is 0. The predicted octanol–water partition coefficient (Wildman–Crippen LogP) is 1.21. The summed E-state index contributed by atoms with van der Waals surface area (Å²) >= 11 is 0. The van der Waals surface area contributed by atoms with Crippen LogP contribution in [0.4, 0.5) is 5.69 Å². The molecular weight excluding hydrogens is 278 g/mol. The first-order valence-electron chi connectivity index (χ1n) is 6.19. The molecule has 0 spiro atoms. The van der Waals surface area contributed by atoms with Gasteiger partial charge in [0.05, 0.1) is 6.42 Å². The van der Waals surface area contributed by atoms with Crippen LogP contribution in [0.25, 0.3) is 0 Å². The van der Waals surface area contributed by atoms with Crippen molar-refractivity contribution in [2.45, 2.75) is 25.0 Å². The van der Waals surface area contributed by atoms with Gasteiger partial charge < -0.3 is 4.90 Å². The number of benzene rings is 1. The maximum atomic E-state index is 12.4. The molecular formula is C14H17NO4S. The van der Waals surface area contributed by atoms with Crippen molar-refractivity contribution in [3.63, 3.8) is 0 Å². The Morgan fingerprint density at radius 2 is 1.90 bits per heavy atom. The van der Waals surface area contributed by atoms with Gasteiger partial charge in [-0.25, -0.2) is 8.42 Å². The second kappa shape index (κ2) is 4.41. The van der Waals surface area contributed by atoms with Gasteiger partial charge in [-0.2, -0.15) is 0 Å². The number of amides is 1. The molecule has 0 N–H and O–H groups in total. The molecule has 1 aliphatic rings. The largest absolute Gasteiger partial charge is 0.315 e. The van der Waals surface area contributed by atoms with Crippen LogP contribution in [0.15, 0.2) is 18.2 Å². The number of rotatable bonds is 3. The minimum Gasteiger partial charge on any atom is -0.315 e. The minimum absolute atomic E-state index is 0.0352. The first kappa shape index (κ1) is 14.7. The lowest BCUT2D eigenvalue weighted by Crippen LogP contribution is -2.40. The van der Waals surface area contributed by atoms with Gasteiger partial charge in [0.15, 0.2) is 15.6 Å². The second-order valence-electron chi connectivity index (χ2n) is 5.58. The zero-order valence-electron chi connectivity index (χ0n) is 11.9. The lowest BCUT2D eigenvalue weighted by molar-refractivity contribution is -0.117. The standard InChI is InChI=1S/C14H17NO4S/c1-14(2,20(4,18)19)13(17)9-5-6-11-10(7-9)8-12(16)15(11)3/h5-7H,8H2,1-4H3. The lowest BCUT2D eigenvalue weighted by atomic mass is 9.97. The molecule has 20 heavy (non-hydrogen) atoms. The van der Waals surface area contributed by atoms with Crippen molar-refractivity contribution in [2.24, 2.45) is 0 Å². The summed E-state index contributed by atoms with van der Waals surface area (Å²) in [5.74, 6) is -0.489. The Balaban J connectivity index is 2.45. The number of carbonyl (C=O) groups is 2. The first-order valence-corrected chi connectivity index (χ1v) is 8.08. The van der Waals surface area contributed by atoms with E-state index in [1.54, 1.807) is 25.2 Å². The van der Waals surface area contributed by atoms with Crippen LogP contribution in [0, 0.1) is 0 Å². The third-order valence-corrected chi connectivity index (χ3v) is 5.93. The topological polar surface area (TPSA) is 71.5 Å². The van der Waals surface area contributed by atoms with Crippen LogP contribution >= 0.6 is 0 Å². The van der Waals surface area contributed by atoms with E-state index in [9.17, 15) is 18.0 Å². The van der Waals surface area contributed by atoms with E-state index in [0.717, 1.165) is 17.5 Å². The number of carbonyl (C=O) groups excluding carboxylic acids is 2. The third-order valence-electron chi connectivity index (χ3n) is 3.89. The smallest absolute Gasteiger partial charge is 0.231 e. The van der Waals surface area contributed by atoms with Gasteiger partial charge in [0.1, 0.15) is 4.75 Å². The number of ketones is 1. The summed E-state index contributed by atoms with van der Waals surface area (Å²) in [4.78, 5) is 25.5. The number of anilines is 1. The summed E-state index contributed by atoms with van der Waals surface area (Å²) in [5.41, 5.74) is 1.85. The van der Waals surface area contributed by atoms with Crippen LogP contribution in [0.1, 0.15) is 29.8 Å². The molecule has 5 nitrogen and oxygen atoms in total. The lowest BCUT2D eigenvalue weighted by Gasteiger charge is -2.21. The molecule has 1 amide bonds. The van der Waals surface area contributed by atoms with E-state index >= 15 is 0 Å². The van der Waals surface area contributed by atoms with Crippen LogP contribution in [0.5, 0.6) is 0 Å². The Morgan fingerprint density at radius 3 is 2.45 bits per heavy atom. The monoisotopic (exact) mass is 295 g/mol. The van der Waals surface area contributed by atoms with Crippen molar-refractivity contribution in [1.82, 2.24) is 0 Å². The Kier molecular flexibility index (Phi) is 3.25. The molecule has 0 fully saturated rings. The summed E-state index contributed by atoms with van der Waals surface area (Å²) in [6, 6.07) is 4.88. The molecule has 0 saturated carbocycles. The molecule has 0 atom stereocenters. The molecule has 0 aromatic heterocycles. The van der Waals surface area contributed by atoms with Gasteiger partial charge >= 0.3 is 0 Å². The maximum Gasteiger partial charge on any atom is 0.231 e. The molecule has 1 aromatic carbocycles.